The summed E-state index contributed by atoms with van der Waals surface area (Å²) in [5, 5.41) is 3.46. The Morgan fingerprint density at radius 3 is 2.25 bits per heavy atom. The molecule has 2 aromatic carbocycles. The molecule has 0 saturated carbocycles. The summed E-state index contributed by atoms with van der Waals surface area (Å²) in [6.45, 7) is 6.23. The molecule has 24 heavy (non-hydrogen) atoms. The molecule has 0 atom stereocenters. The highest BCUT2D eigenvalue weighted by Crippen LogP contribution is 2.28. The standard InChI is InChI=1S/C20H27NO3/c1-15(2)24-19-9-8-17(11-20(19)23-4)13-21-12-16-6-5-7-18(10-16)14-22-3/h5-11,15,21H,12-14H2,1-4H3. The molecule has 0 fully saturated rings. The molecule has 2 aromatic rings. The van der Waals surface area contributed by atoms with E-state index in [-0.39, 0.29) is 6.10 Å². The first-order valence-electron chi connectivity index (χ1n) is 8.23. The third-order valence-electron chi connectivity index (χ3n) is 3.55. The molecule has 4 heteroatoms. The molecule has 0 bridgehead atoms. The first kappa shape index (κ1) is 18.3. The predicted octanol–water partition coefficient (Wildman–Crippen LogP) is 3.92. The van der Waals surface area contributed by atoms with Gasteiger partial charge in [-0.05, 0) is 42.7 Å². The van der Waals surface area contributed by atoms with Gasteiger partial charge in [0.05, 0.1) is 19.8 Å². The molecule has 0 amide bonds. The van der Waals surface area contributed by atoms with Gasteiger partial charge in [-0.2, -0.15) is 0 Å². The summed E-state index contributed by atoms with van der Waals surface area (Å²) in [6.07, 6.45) is 0.127. The Morgan fingerprint density at radius 2 is 1.58 bits per heavy atom. The fourth-order valence-electron chi connectivity index (χ4n) is 2.52. The lowest BCUT2D eigenvalue weighted by molar-refractivity contribution is 0.185. The average Bonchev–Trinajstić information content (AvgIpc) is 2.56. The Bertz CT molecular complexity index is 641. The lowest BCUT2D eigenvalue weighted by Gasteiger charge is -2.15. The van der Waals surface area contributed by atoms with Gasteiger partial charge in [0, 0.05) is 20.2 Å². The van der Waals surface area contributed by atoms with Gasteiger partial charge in [-0.15, -0.1) is 0 Å². The van der Waals surface area contributed by atoms with Gasteiger partial charge in [-0.25, -0.2) is 0 Å². The molecule has 2 rings (SSSR count). The van der Waals surface area contributed by atoms with Crippen LogP contribution in [0, 0.1) is 0 Å². The molecular weight excluding hydrogens is 302 g/mol. The second kappa shape index (κ2) is 9.30. The van der Waals surface area contributed by atoms with E-state index in [1.165, 1.54) is 11.1 Å². The Hall–Kier alpha value is -2.04. The van der Waals surface area contributed by atoms with Crippen LogP contribution in [0.25, 0.3) is 0 Å². The molecular formula is C20H27NO3. The number of nitrogens with one attached hydrogen (secondary N) is 1. The second-order valence-corrected chi connectivity index (χ2v) is 6.01. The van der Waals surface area contributed by atoms with Crippen molar-refractivity contribution in [3.05, 3.63) is 59.2 Å². The number of rotatable bonds is 9. The van der Waals surface area contributed by atoms with Gasteiger partial charge < -0.3 is 19.5 Å². The van der Waals surface area contributed by atoms with E-state index in [2.05, 4.69) is 35.6 Å². The number of hydrogen-bond acceptors (Lipinski definition) is 4. The van der Waals surface area contributed by atoms with Gasteiger partial charge in [0.15, 0.2) is 11.5 Å². The van der Waals surface area contributed by atoms with Crippen LogP contribution in [0.3, 0.4) is 0 Å². The summed E-state index contributed by atoms with van der Waals surface area (Å²) in [5.41, 5.74) is 3.60. The predicted molar refractivity (Wildman–Crippen MR) is 96.5 cm³/mol. The van der Waals surface area contributed by atoms with Crippen molar-refractivity contribution in [1.82, 2.24) is 5.32 Å². The zero-order chi connectivity index (χ0) is 17.4. The fourth-order valence-corrected chi connectivity index (χ4v) is 2.52. The van der Waals surface area contributed by atoms with Crippen molar-refractivity contribution < 1.29 is 14.2 Å². The highest BCUT2D eigenvalue weighted by Gasteiger charge is 2.07. The van der Waals surface area contributed by atoms with Crippen molar-refractivity contribution >= 4 is 0 Å². The summed E-state index contributed by atoms with van der Waals surface area (Å²) in [6, 6.07) is 14.5. The van der Waals surface area contributed by atoms with Crippen LogP contribution in [0.1, 0.15) is 30.5 Å². The van der Waals surface area contributed by atoms with E-state index in [1.807, 2.05) is 26.0 Å². The van der Waals surface area contributed by atoms with Crippen LogP contribution in [0.15, 0.2) is 42.5 Å². The normalized spacial score (nSPS) is 10.9. The molecule has 0 saturated heterocycles. The van der Waals surface area contributed by atoms with E-state index in [4.69, 9.17) is 14.2 Å². The zero-order valence-electron chi connectivity index (χ0n) is 15.0. The first-order valence-corrected chi connectivity index (χ1v) is 8.23. The Morgan fingerprint density at radius 1 is 0.875 bits per heavy atom. The molecule has 0 heterocycles. The van der Waals surface area contributed by atoms with Crippen molar-refractivity contribution in [2.24, 2.45) is 0 Å². The fraction of sp³-hybridized carbons (Fsp3) is 0.400. The van der Waals surface area contributed by atoms with Crippen molar-refractivity contribution in [1.29, 1.82) is 0 Å². The van der Waals surface area contributed by atoms with Gasteiger partial charge in [0.1, 0.15) is 0 Å². The third-order valence-corrected chi connectivity index (χ3v) is 3.55. The topological polar surface area (TPSA) is 39.7 Å². The number of ether oxygens (including phenoxy) is 3. The molecule has 0 aromatic heterocycles. The molecule has 4 nitrogen and oxygen atoms in total. The van der Waals surface area contributed by atoms with Crippen LogP contribution >= 0.6 is 0 Å². The van der Waals surface area contributed by atoms with Crippen LogP contribution in [-0.4, -0.2) is 20.3 Å². The van der Waals surface area contributed by atoms with Crippen molar-refractivity contribution in [2.75, 3.05) is 14.2 Å². The number of hydrogen-bond donors (Lipinski definition) is 1. The first-order chi connectivity index (χ1) is 11.6. The van der Waals surface area contributed by atoms with Gasteiger partial charge in [0.2, 0.25) is 0 Å². The summed E-state index contributed by atoms with van der Waals surface area (Å²) in [5.74, 6) is 1.55. The third kappa shape index (κ3) is 5.55. The van der Waals surface area contributed by atoms with E-state index in [9.17, 15) is 0 Å². The maximum Gasteiger partial charge on any atom is 0.161 e. The SMILES string of the molecule is COCc1cccc(CNCc2ccc(OC(C)C)c(OC)c2)c1. The van der Waals surface area contributed by atoms with Crippen LogP contribution in [-0.2, 0) is 24.4 Å². The van der Waals surface area contributed by atoms with Crippen LogP contribution in [0.2, 0.25) is 0 Å². The molecule has 1 N–H and O–H groups in total. The van der Waals surface area contributed by atoms with Crippen molar-refractivity contribution in [3.8, 4) is 11.5 Å². The monoisotopic (exact) mass is 329 g/mol. The van der Waals surface area contributed by atoms with E-state index in [0.717, 1.165) is 30.2 Å². The van der Waals surface area contributed by atoms with E-state index in [1.54, 1.807) is 14.2 Å². The van der Waals surface area contributed by atoms with E-state index in [0.29, 0.717) is 6.61 Å². The number of methoxy groups -OCH3 is 2. The minimum atomic E-state index is 0.127. The molecule has 0 spiro atoms. The minimum Gasteiger partial charge on any atom is -0.493 e. The molecule has 0 aliphatic heterocycles. The summed E-state index contributed by atoms with van der Waals surface area (Å²) in [4.78, 5) is 0. The molecule has 0 aliphatic carbocycles. The largest absolute Gasteiger partial charge is 0.493 e. The Labute approximate surface area is 144 Å². The van der Waals surface area contributed by atoms with E-state index >= 15 is 0 Å². The Balaban J connectivity index is 1.93. The summed E-state index contributed by atoms with van der Waals surface area (Å²) in [7, 11) is 3.38. The number of benzene rings is 2. The maximum atomic E-state index is 5.74. The highest BCUT2D eigenvalue weighted by molar-refractivity contribution is 5.43. The van der Waals surface area contributed by atoms with Gasteiger partial charge in [-0.3, -0.25) is 0 Å². The molecule has 0 aliphatic rings. The Kier molecular flexibility index (Phi) is 7.09. The van der Waals surface area contributed by atoms with Gasteiger partial charge >= 0.3 is 0 Å². The quantitative estimate of drug-likeness (QED) is 0.757. The molecule has 0 unspecified atom stereocenters. The lowest BCUT2D eigenvalue weighted by atomic mass is 10.1. The lowest BCUT2D eigenvalue weighted by Crippen LogP contribution is -2.13. The van der Waals surface area contributed by atoms with Crippen molar-refractivity contribution in [2.45, 2.75) is 39.6 Å². The van der Waals surface area contributed by atoms with Gasteiger partial charge in [0.25, 0.3) is 0 Å². The molecule has 130 valence electrons. The smallest absolute Gasteiger partial charge is 0.161 e. The minimum absolute atomic E-state index is 0.127. The average molecular weight is 329 g/mol. The van der Waals surface area contributed by atoms with Crippen LogP contribution < -0.4 is 14.8 Å². The molecule has 0 radical (unpaired) electrons. The van der Waals surface area contributed by atoms with Crippen LogP contribution in [0.5, 0.6) is 11.5 Å². The van der Waals surface area contributed by atoms with E-state index < -0.39 is 0 Å². The maximum absolute atomic E-state index is 5.74. The second-order valence-electron chi connectivity index (χ2n) is 6.01. The highest BCUT2D eigenvalue weighted by atomic mass is 16.5. The summed E-state index contributed by atoms with van der Waals surface area (Å²) < 4.78 is 16.3. The summed E-state index contributed by atoms with van der Waals surface area (Å²) >= 11 is 0. The van der Waals surface area contributed by atoms with Crippen LogP contribution in [0.4, 0.5) is 0 Å². The van der Waals surface area contributed by atoms with Crippen molar-refractivity contribution in [3.63, 3.8) is 0 Å². The van der Waals surface area contributed by atoms with Gasteiger partial charge in [-0.1, -0.05) is 30.3 Å². The zero-order valence-corrected chi connectivity index (χ0v) is 15.0.